The summed E-state index contributed by atoms with van der Waals surface area (Å²) in [4.78, 5) is 22.6. The van der Waals surface area contributed by atoms with Crippen LogP contribution in [0.4, 0.5) is 0 Å². The number of esters is 1. The van der Waals surface area contributed by atoms with E-state index >= 15 is 0 Å². The van der Waals surface area contributed by atoms with E-state index in [1.165, 1.54) is 7.11 Å². The predicted molar refractivity (Wildman–Crippen MR) is 49.6 cm³/mol. The molecule has 0 aromatic heterocycles. The van der Waals surface area contributed by atoms with Gasteiger partial charge in [-0.2, -0.15) is 0 Å². The van der Waals surface area contributed by atoms with Crippen molar-refractivity contribution >= 4 is 27.7 Å². The number of hydrogen-bond acceptors (Lipinski definition) is 5. The van der Waals surface area contributed by atoms with Gasteiger partial charge in [0.05, 0.1) is 20.6 Å². The van der Waals surface area contributed by atoms with Crippen LogP contribution < -0.4 is 0 Å². The van der Waals surface area contributed by atoms with Crippen molar-refractivity contribution in [3.05, 3.63) is 10.2 Å². The highest BCUT2D eigenvalue weighted by atomic mass is 79.9. The molecule has 0 aromatic rings. The summed E-state index contributed by atoms with van der Waals surface area (Å²) in [6, 6.07) is 0. The number of ketones is 1. The maximum Gasteiger partial charge on any atom is 0.346 e. The number of ether oxygens (including phenoxy) is 2. The molecule has 1 atom stereocenters. The van der Waals surface area contributed by atoms with E-state index in [4.69, 9.17) is 4.74 Å². The lowest BCUT2D eigenvalue weighted by Gasteiger charge is -2.16. The van der Waals surface area contributed by atoms with Crippen LogP contribution in [-0.4, -0.2) is 36.7 Å². The highest BCUT2D eigenvalue weighted by Gasteiger charge is 2.52. The van der Waals surface area contributed by atoms with Gasteiger partial charge in [-0.1, -0.05) is 0 Å². The molecule has 14 heavy (non-hydrogen) atoms. The second-order valence-electron chi connectivity index (χ2n) is 2.80. The van der Waals surface area contributed by atoms with Crippen LogP contribution in [-0.2, 0) is 19.1 Å². The van der Waals surface area contributed by atoms with Crippen molar-refractivity contribution in [1.82, 2.24) is 0 Å². The van der Waals surface area contributed by atoms with Crippen molar-refractivity contribution in [3.63, 3.8) is 0 Å². The zero-order valence-electron chi connectivity index (χ0n) is 7.67. The summed E-state index contributed by atoms with van der Waals surface area (Å²) >= 11 is 2.94. The molecule has 78 valence electrons. The second kappa shape index (κ2) is 3.70. The Kier molecular flexibility index (Phi) is 2.96. The van der Waals surface area contributed by atoms with Crippen LogP contribution in [0.25, 0.3) is 0 Å². The summed E-state index contributed by atoms with van der Waals surface area (Å²) in [5, 5.41) is 9.72. The first-order chi connectivity index (χ1) is 6.47. The molecule has 0 aliphatic heterocycles. The average Bonchev–Trinajstić information content (AvgIpc) is 2.42. The number of methoxy groups -OCH3 is 2. The van der Waals surface area contributed by atoms with Gasteiger partial charge in [-0.25, -0.2) is 4.79 Å². The average molecular weight is 265 g/mol. The standard InChI is InChI=1S/C8H9BrO5/c1-13-4-3-8(12,7(11)14-2)6(10)5(4)9/h12H,3H2,1-2H3/t8-/m1/s1. The van der Waals surface area contributed by atoms with Gasteiger partial charge in [0.1, 0.15) is 10.2 Å². The maximum atomic E-state index is 11.5. The normalized spacial score (nSPS) is 26.7. The van der Waals surface area contributed by atoms with Crippen LogP contribution in [0.3, 0.4) is 0 Å². The Morgan fingerprint density at radius 2 is 2.14 bits per heavy atom. The number of Topliss-reactive ketones (excluding diaryl/α,β-unsaturated/α-hetero) is 1. The fourth-order valence-electron chi connectivity index (χ4n) is 1.19. The minimum atomic E-state index is -2.14. The summed E-state index contributed by atoms with van der Waals surface area (Å²) in [5.74, 6) is -1.48. The van der Waals surface area contributed by atoms with Gasteiger partial charge >= 0.3 is 5.97 Å². The van der Waals surface area contributed by atoms with E-state index in [-0.39, 0.29) is 16.7 Å². The summed E-state index contributed by atoms with van der Waals surface area (Å²) in [7, 11) is 2.46. The van der Waals surface area contributed by atoms with Gasteiger partial charge in [0.2, 0.25) is 11.4 Å². The van der Waals surface area contributed by atoms with E-state index in [0.29, 0.717) is 0 Å². The summed E-state index contributed by atoms with van der Waals surface area (Å²) in [6.07, 6.45) is -0.199. The lowest BCUT2D eigenvalue weighted by Crippen LogP contribution is -2.44. The van der Waals surface area contributed by atoms with Crippen LogP contribution in [0, 0.1) is 0 Å². The molecule has 0 spiro atoms. The lowest BCUT2D eigenvalue weighted by atomic mass is 10.0. The molecule has 0 radical (unpaired) electrons. The predicted octanol–water partition coefficient (Wildman–Crippen LogP) is 0.116. The second-order valence-corrected chi connectivity index (χ2v) is 3.59. The first-order valence-corrected chi connectivity index (χ1v) is 4.55. The third-order valence-corrected chi connectivity index (χ3v) is 2.81. The van der Waals surface area contributed by atoms with Gasteiger partial charge in [-0.15, -0.1) is 0 Å². The van der Waals surface area contributed by atoms with Crippen molar-refractivity contribution in [2.24, 2.45) is 0 Å². The molecule has 1 aliphatic carbocycles. The van der Waals surface area contributed by atoms with E-state index in [1.54, 1.807) is 0 Å². The molecule has 0 saturated heterocycles. The quantitative estimate of drug-likeness (QED) is 0.567. The van der Waals surface area contributed by atoms with E-state index < -0.39 is 17.4 Å². The minimum absolute atomic E-state index is 0.0768. The Bertz CT molecular complexity index is 322. The highest BCUT2D eigenvalue weighted by Crippen LogP contribution is 2.36. The van der Waals surface area contributed by atoms with Gasteiger partial charge in [0.25, 0.3) is 0 Å². The molecule has 1 aliphatic rings. The number of hydrogen-bond donors (Lipinski definition) is 1. The van der Waals surface area contributed by atoms with E-state index in [2.05, 4.69) is 20.7 Å². The monoisotopic (exact) mass is 264 g/mol. The van der Waals surface area contributed by atoms with Gasteiger partial charge in [0, 0.05) is 0 Å². The van der Waals surface area contributed by atoms with Crippen LogP contribution >= 0.6 is 15.9 Å². The molecular weight excluding hydrogens is 256 g/mol. The van der Waals surface area contributed by atoms with Crippen LogP contribution in [0.2, 0.25) is 0 Å². The minimum Gasteiger partial charge on any atom is -0.500 e. The van der Waals surface area contributed by atoms with Gasteiger partial charge in [-0.3, -0.25) is 4.79 Å². The largest absolute Gasteiger partial charge is 0.500 e. The molecule has 0 heterocycles. The zero-order chi connectivity index (χ0) is 10.9. The first kappa shape index (κ1) is 11.2. The molecule has 1 N–H and O–H groups in total. The van der Waals surface area contributed by atoms with Crippen molar-refractivity contribution < 1.29 is 24.2 Å². The molecule has 0 amide bonds. The SMILES string of the molecule is COC(=O)[C@@]1(O)CC(OC)=C(Br)C1=O. The number of rotatable bonds is 2. The summed E-state index contributed by atoms with van der Waals surface area (Å²) in [5.41, 5.74) is -2.14. The van der Waals surface area contributed by atoms with E-state index in [0.717, 1.165) is 7.11 Å². The molecule has 6 heteroatoms. The van der Waals surface area contributed by atoms with Gasteiger partial charge < -0.3 is 14.6 Å². The van der Waals surface area contributed by atoms with Crippen molar-refractivity contribution in [3.8, 4) is 0 Å². The number of carbonyl (C=O) groups excluding carboxylic acids is 2. The molecule has 0 aromatic carbocycles. The van der Waals surface area contributed by atoms with Crippen molar-refractivity contribution in [2.75, 3.05) is 14.2 Å². The summed E-state index contributed by atoms with van der Waals surface area (Å²) in [6.45, 7) is 0. The molecule has 1 rings (SSSR count). The van der Waals surface area contributed by atoms with Crippen molar-refractivity contribution in [2.45, 2.75) is 12.0 Å². The number of aliphatic hydroxyl groups is 1. The van der Waals surface area contributed by atoms with E-state index in [9.17, 15) is 14.7 Å². The van der Waals surface area contributed by atoms with Crippen LogP contribution in [0.1, 0.15) is 6.42 Å². The smallest absolute Gasteiger partial charge is 0.346 e. The Labute approximate surface area is 88.8 Å². The fraction of sp³-hybridized carbons (Fsp3) is 0.500. The van der Waals surface area contributed by atoms with E-state index in [1.807, 2.05) is 0 Å². The molecule has 5 nitrogen and oxygen atoms in total. The Morgan fingerprint density at radius 3 is 2.50 bits per heavy atom. The number of halogens is 1. The Hall–Kier alpha value is -0.880. The zero-order valence-corrected chi connectivity index (χ0v) is 9.25. The first-order valence-electron chi connectivity index (χ1n) is 3.75. The Morgan fingerprint density at radius 1 is 1.57 bits per heavy atom. The number of carbonyl (C=O) groups is 2. The molecule has 0 fully saturated rings. The van der Waals surface area contributed by atoms with Crippen LogP contribution in [0.15, 0.2) is 10.2 Å². The van der Waals surface area contributed by atoms with Crippen molar-refractivity contribution in [1.29, 1.82) is 0 Å². The molecule has 0 saturated carbocycles. The third-order valence-electron chi connectivity index (χ3n) is 2.01. The van der Waals surface area contributed by atoms with Gasteiger partial charge in [-0.05, 0) is 15.9 Å². The molecular formula is C8H9BrO5. The lowest BCUT2D eigenvalue weighted by molar-refractivity contribution is -0.165. The maximum absolute atomic E-state index is 11.5. The third kappa shape index (κ3) is 1.44. The topological polar surface area (TPSA) is 72.8 Å². The van der Waals surface area contributed by atoms with Gasteiger partial charge in [0.15, 0.2) is 0 Å². The van der Waals surface area contributed by atoms with Crippen LogP contribution in [0.5, 0.6) is 0 Å². The molecule has 0 unspecified atom stereocenters. The fourth-order valence-corrected chi connectivity index (χ4v) is 1.82. The summed E-state index contributed by atoms with van der Waals surface area (Å²) < 4.78 is 9.24. The molecule has 0 bridgehead atoms. The highest BCUT2D eigenvalue weighted by molar-refractivity contribution is 9.12. The Balaban J connectivity index is 3.02.